The molecule has 1 heterocycles. The van der Waals surface area contributed by atoms with Gasteiger partial charge in [0.15, 0.2) is 36.8 Å². The molecule has 292 valence electrons. The van der Waals surface area contributed by atoms with E-state index in [9.17, 15) is 20.0 Å². The molecule has 14 heteroatoms. The first-order chi connectivity index (χ1) is 23.6. The van der Waals surface area contributed by atoms with Gasteiger partial charge in [-0.05, 0) is 71.6 Å². The van der Waals surface area contributed by atoms with Crippen LogP contribution < -0.4 is 4.74 Å². The number of ether oxygens (including phenoxy) is 3. The highest BCUT2D eigenvalue weighted by atomic mass is 28.4. The first-order valence-electron chi connectivity index (χ1n) is 18.1. The first-order valence-corrected chi connectivity index (χ1v) is 26.8. The van der Waals surface area contributed by atoms with Gasteiger partial charge >= 0.3 is 11.7 Å². The number of nitro benzene ring substituents is 1. The van der Waals surface area contributed by atoms with Crippen LogP contribution in [0.1, 0.15) is 73.4 Å². The quantitative estimate of drug-likeness (QED) is 0.0908. The van der Waals surface area contributed by atoms with Gasteiger partial charge in [0.25, 0.3) is 0 Å². The lowest BCUT2D eigenvalue weighted by Gasteiger charge is -2.53. The Bertz CT molecular complexity index is 1530. The number of nitrogens with zero attached hydrogens (tertiary/aromatic N) is 1. The van der Waals surface area contributed by atoms with E-state index in [0.29, 0.717) is 5.56 Å². The molecule has 0 spiro atoms. The third-order valence-electron chi connectivity index (χ3n) is 11.3. The summed E-state index contributed by atoms with van der Waals surface area (Å²) in [6, 6.07) is 13.6. The zero-order valence-corrected chi connectivity index (χ0v) is 37.0. The number of benzene rings is 2. The summed E-state index contributed by atoms with van der Waals surface area (Å²) in [5.74, 6) is -0.761. The number of rotatable bonds is 13. The Morgan fingerprint density at radius 3 is 1.69 bits per heavy atom. The second-order valence-corrected chi connectivity index (χ2v) is 32.7. The van der Waals surface area contributed by atoms with E-state index in [2.05, 4.69) is 102 Å². The SMILES string of the molecule is CC(C)(C)[Si](C)(C)O[C@@H]1[C@@H](O[Si](C)(C)C(C)(C)C)[C@H](Oc2ccc(CO)cc2[N+](=O)[O-])O[C@H](C(=O)OCc2ccccc2)[C@H]1O[Si](C)(C)C(C)(C)C. The molecule has 0 unspecified atom stereocenters. The van der Waals surface area contributed by atoms with E-state index in [1.54, 1.807) is 6.07 Å². The summed E-state index contributed by atoms with van der Waals surface area (Å²) in [5.41, 5.74) is 0.794. The maximum absolute atomic E-state index is 14.4. The summed E-state index contributed by atoms with van der Waals surface area (Å²) in [7, 11) is -7.93. The largest absolute Gasteiger partial charge is 0.459 e. The van der Waals surface area contributed by atoms with Crippen LogP contribution in [0, 0.1) is 10.1 Å². The number of carbonyl (C=O) groups is 1. The Balaban J connectivity index is 2.32. The minimum absolute atomic E-state index is 0.00359. The highest BCUT2D eigenvalue weighted by Crippen LogP contribution is 2.46. The summed E-state index contributed by atoms with van der Waals surface area (Å²) in [5, 5.41) is 21.3. The molecule has 2 aromatic carbocycles. The topological polar surface area (TPSA) is 136 Å². The van der Waals surface area contributed by atoms with Crippen molar-refractivity contribution in [1.29, 1.82) is 0 Å². The van der Waals surface area contributed by atoms with Crippen molar-refractivity contribution in [3.63, 3.8) is 0 Å². The lowest BCUT2D eigenvalue weighted by atomic mass is 9.99. The average Bonchev–Trinajstić information content (AvgIpc) is 3.01. The fourth-order valence-electron chi connectivity index (χ4n) is 4.87. The highest BCUT2D eigenvalue weighted by molar-refractivity contribution is 6.75. The molecule has 0 radical (unpaired) electrons. The van der Waals surface area contributed by atoms with Gasteiger partial charge in [0.2, 0.25) is 6.29 Å². The molecule has 5 atom stereocenters. The van der Waals surface area contributed by atoms with Gasteiger partial charge in [0.1, 0.15) is 24.9 Å². The van der Waals surface area contributed by atoms with Crippen molar-refractivity contribution in [2.75, 3.05) is 0 Å². The van der Waals surface area contributed by atoms with Gasteiger partial charge in [-0.15, -0.1) is 0 Å². The lowest BCUT2D eigenvalue weighted by molar-refractivity contribution is -0.387. The minimum atomic E-state index is -2.65. The van der Waals surface area contributed by atoms with Crippen LogP contribution in [-0.4, -0.2) is 71.7 Å². The van der Waals surface area contributed by atoms with Gasteiger partial charge < -0.3 is 32.6 Å². The van der Waals surface area contributed by atoms with Crippen LogP contribution in [0.3, 0.4) is 0 Å². The Morgan fingerprint density at radius 1 is 0.750 bits per heavy atom. The van der Waals surface area contributed by atoms with Crippen molar-refractivity contribution in [1.82, 2.24) is 0 Å². The zero-order chi connectivity index (χ0) is 39.7. The van der Waals surface area contributed by atoms with Gasteiger partial charge in [-0.2, -0.15) is 0 Å². The van der Waals surface area contributed by atoms with Crippen molar-refractivity contribution >= 4 is 36.6 Å². The molecule has 0 aliphatic carbocycles. The number of hydrogen-bond acceptors (Lipinski definition) is 10. The summed E-state index contributed by atoms with van der Waals surface area (Å²) in [6.07, 6.45) is -5.46. The number of nitro groups is 1. The summed E-state index contributed by atoms with van der Waals surface area (Å²) in [6.45, 7) is 31.5. The molecule has 2 aromatic rings. The van der Waals surface area contributed by atoms with E-state index in [-0.39, 0.29) is 39.8 Å². The third-order valence-corrected chi connectivity index (χ3v) is 24.7. The molecule has 3 rings (SSSR count). The number of carbonyl (C=O) groups excluding carboxylic acids is 1. The second kappa shape index (κ2) is 16.1. The normalized spacial score (nSPS) is 22.2. The van der Waals surface area contributed by atoms with E-state index >= 15 is 0 Å². The maximum Gasteiger partial charge on any atom is 0.338 e. The van der Waals surface area contributed by atoms with Gasteiger partial charge in [0.05, 0.1) is 11.5 Å². The summed E-state index contributed by atoms with van der Waals surface area (Å²) < 4.78 is 40.7. The molecular weight excluding hydrogens is 715 g/mol. The van der Waals surface area contributed by atoms with Gasteiger partial charge in [-0.25, -0.2) is 4.79 Å². The van der Waals surface area contributed by atoms with Crippen LogP contribution in [0.25, 0.3) is 0 Å². The van der Waals surface area contributed by atoms with Crippen molar-refractivity contribution in [2.45, 2.75) is 161 Å². The number of hydrogen-bond donors (Lipinski definition) is 1. The molecule has 1 aliphatic heterocycles. The number of esters is 1. The molecule has 11 nitrogen and oxygen atoms in total. The van der Waals surface area contributed by atoms with Gasteiger partial charge in [-0.1, -0.05) is 98.7 Å². The van der Waals surface area contributed by atoms with Gasteiger partial charge in [0, 0.05) is 6.07 Å². The van der Waals surface area contributed by atoms with Crippen molar-refractivity contribution in [3.05, 3.63) is 69.8 Å². The minimum Gasteiger partial charge on any atom is -0.459 e. The van der Waals surface area contributed by atoms with Crippen molar-refractivity contribution in [2.24, 2.45) is 0 Å². The Labute approximate surface area is 314 Å². The Morgan fingerprint density at radius 2 is 1.23 bits per heavy atom. The molecule has 1 saturated heterocycles. The molecule has 0 amide bonds. The van der Waals surface area contributed by atoms with Crippen molar-refractivity contribution in [3.8, 4) is 5.75 Å². The van der Waals surface area contributed by atoms with Crippen molar-refractivity contribution < 1.29 is 42.3 Å². The average molecular weight is 778 g/mol. The van der Waals surface area contributed by atoms with Gasteiger partial charge in [-0.3, -0.25) is 10.1 Å². The maximum atomic E-state index is 14.4. The fraction of sp³-hybridized carbons (Fsp3) is 0.658. The first kappa shape index (κ1) is 44.0. The standard InChI is InChI=1S/C38H63NO10Si3/c1-36(2,3)50(10,11)47-30-31(48-51(12,13)37(4,5)6)33(49-52(14,15)38(7,8)9)35(45-29-22-21-27(24-40)23-28(29)39(42)43)46-32(30)34(41)44-25-26-19-17-16-18-20-26/h16-23,30-33,35,40H,24-25H2,1-15H3/t30-,31-,32-,33+,35+/m0/s1. The smallest absolute Gasteiger partial charge is 0.338 e. The van der Waals surface area contributed by atoms with E-state index in [1.165, 1.54) is 12.1 Å². The molecule has 1 N–H and O–H groups in total. The molecule has 0 saturated carbocycles. The fourth-order valence-corrected chi connectivity index (χ4v) is 8.75. The molecular formula is C38H63NO10Si3. The van der Waals surface area contributed by atoms with Crippen LogP contribution >= 0.6 is 0 Å². The molecule has 0 aromatic heterocycles. The summed E-state index contributed by atoms with van der Waals surface area (Å²) >= 11 is 0. The lowest BCUT2D eigenvalue weighted by Crippen LogP contribution is -2.69. The van der Waals surface area contributed by atoms with Crippen LogP contribution in [0.2, 0.25) is 54.4 Å². The van der Waals surface area contributed by atoms with E-state index in [0.717, 1.165) is 5.56 Å². The molecule has 52 heavy (non-hydrogen) atoms. The Hall–Kier alpha value is -2.44. The number of aliphatic hydroxyl groups excluding tert-OH is 1. The van der Waals surface area contributed by atoms with E-state index < -0.39 is 66.6 Å². The van der Waals surface area contributed by atoms with Crippen LogP contribution in [0.4, 0.5) is 5.69 Å². The van der Waals surface area contributed by atoms with Crippen LogP contribution in [-0.2, 0) is 40.8 Å². The summed E-state index contributed by atoms with van der Waals surface area (Å²) in [4.78, 5) is 26.1. The highest BCUT2D eigenvalue weighted by Gasteiger charge is 2.59. The Kier molecular flexibility index (Phi) is 13.6. The van der Waals surface area contributed by atoms with Crippen LogP contribution in [0.5, 0.6) is 5.75 Å². The molecule has 1 fully saturated rings. The third kappa shape index (κ3) is 10.4. The van der Waals surface area contributed by atoms with E-state index in [1.807, 2.05) is 30.3 Å². The predicted octanol–water partition coefficient (Wildman–Crippen LogP) is 9.11. The molecule has 0 bridgehead atoms. The number of aliphatic hydroxyl groups is 1. The second-order valence-electron chi connectivity index (χ2n) is 18.4. The van der Waals surface area contributed by atoms with Crippen LogP contribution in [0.15, 0.2) is 48.5 Å². The van der Waals surface area contributed by atoms with E-state index in [4.69, 9.17) is 27.5 Å². The molecule has 1 aliphatic rings. The predicted molar refractivity (Wildman–Crippen MR) is 211 cm³/mol. The zero-order valence-electron chi connectivity index (χ0n) is 34.0. The monoisotopic (exact) mass is 777 g/mol.